The van der Waals surface area contributed by atoms with Crippen LogP contribution >= 0.6 is 11.6 Å². The Kier molecular flexibility index (Phi) is 8.51. The molecule has 1 saturated heterocycles. The standard InChI is InChI=1S/C30H33ClN8O2/c1-19-16-21(8-10-27(19)41-28-23(6-5-13-33-28)24-11-14-34-29(32-2)36-24)35-30(40)37-25-17-20(31)7-9-26(25)39(4)22-12-15-38(3)18-22/h5-11,13-14,16-17,22H,12,15,18H2,1-4H3,(H,32,34,36)(H2,35,37,40)/t22-/m0/s1. The SMILES string of the molecule is CNc1nccc(-c2cccnc2Oc2ccc(NC(=O)Nc3cc(Cl)ccc3N(C)[C@H]3CCN(C)C3)cc2C)n1. The molecule has 10 nitrogen and oxygen atoms in total. The number of nitrogens with one attached hydrogen (secondary N) is 3. The van der Waals surface area contributed by atoms with Crippen molar-refractivity contribution in [2.75, 3.05) is 55.1 Å². The fourth-order valence-corrected chi connectivity index (χ4v) is 5.04. The van der Waals surface area contributed by atoms with Crippen LogP contribution in [0.25, 0.3) is 11.3 Å². The van der Waals surface area contributed by atoms with Gasteiger partial charge in [0, 0.05) is 49.8 Å². The number of anilines is 4. The monoisotopic (exact) mass is 572 g/mol. The molecule has 11 heteroatoms. The van der Waals surface area contributed by atoms with E-state index in [1.807, 2.05) is 37.3 Å². The van der Waals surface area contributed by atoms with E-state index in [0.29, 0.717) is 45.7 Å². The predicted molar refractivity (Wildman–Crippen MR) is 164 cm³/mol. The molecule has 3 heterocycles. The van der Waals surface area contributed by atoms with Crippen LogP contribution in [0.15, 0.2) is 67.0 Å². The lowest BCUT2D eigenvalue weighted by molar-refractivity contribution is 0.262. The first-order valence-corrected chi connectivity index (χ1v) is 13.7. The van der Waals surface area contributed by atoms with Gasteiger partial charge in [-0.05, 0) is 87.1 Å². The number of carbonyl (C=O) groups excluding carboxylic acids is 1. The maximum Gasteiger partial charge on any atom is 0.323 e. The number of urea groups is 1. The number of likely N-dealkylation sites (tertiary alicyclic amines) is 1. The third kappa shape index (κ3) is 6.67. The van der Waals surface area contributed by atoms with E-state index >= 15 is 0 Å². The van der Waals surface area contributed by atoms with Crippen LogP contribution in [0.4, 0.5) is 27.8 Å². The number of nitrogens with zero attached hydrogens (tertiary/aromatic N) is 5. The summed E-state index contributed by atoms with van der Waals surface area (Å²) < 4.78 is 6.19. The highest BCUT2D eigenvalue weighted by molar-refractivity contribution is 6.31. The third-order valence-electron chi connectivity index (χ3n) is 7.07. The number of hydrogen-bond acceptors (Lipinski definition) is 8. The lowest BCUT2D eigenvalue weighted by Crippen LogP contribution is -2.34. The van der Waals surface area contributed by atoms with Crippen molar-refractivity contribution in [3.8, 4) is 22.9 Å². The zero-order valence-corrected chi connectivity index (χ0v) is 24.2. The van der Waals surface area contributed by atoms with Crippen LogP contribution in [0.3, 0.4) is 0 Å². The molecule has 1 atom stereocenters. The molecule has 2 amide bonds. The molecule has 3 N–H and O–H groups in total. The van der Waals surface area contributed by atoms with E-state index in [0.717, 1.165) is 36.3 Å². The fraction of sp³-hybridized carbons (Fsp3) is 0.267. The Bertz CT molecular complexity index is 1550. The maximum atomic E-state index is 13.0. The molecule has 5 rings (SSSR count). The van der Waals surface area contributed by atoms with Gasteiger partial charge in [0.15, 0.2) is 0 Å². The van der Waals surface area contributed by atoms with E-state index in [9.17, 15) is 4.79 Å². The first-order chi connectivity index (χ1) is 19.8. The lowest BCUT2D eigenvalue weighted by Gasteiger charge is -2.29. The van der Waals surface area contributed by atoms with E-state index in [4.69, 9.17) is 16.3 Å². The molecule has 41 heavy (non-hydrogen) atoms. The van der Waals surface area contributed by atoms with Crippen LogP contribution in [-0.2, 0) is 0 Å². The Morgan fingerprint density at radius 2 is 1.95 bits per heavy atom. The first kappa shape index (κ1) is 28.1. The van der Waals surface area contributed by atoms with Crippen molar-refractivity contribution >= 4 is 40.6 Å². The summed E-state index contributed by atoms with van der Waals surface area (Å²) in [5.41, 5.74) is 4.44. The minimum Gasteiger partial charge on any atom is -0.438 e. The Morgan fingerprint density at radius 1 is 1.10 bits per heavy atom. The van der Waals surface area contributed by atoms with Gasteiger partial charge in [0.2, 0.25) is 11.8 Å². The van der Waals surface area contributed by atoms with E-state index in [1.54, 1.807) is 43.7 Å². The molecule has 212 valence electrons. The van der Waals surface area contributed by atoms with Crippen molar-refractivity contribution < 1.29 is 9.53 Å². The molecule has 1 fully saturated rings. The largest absolute Gasteiger partial charge is 0.438 e. The molecular formula is C30H33ClN8O2. The average Bonchev–Trinajstić information content (AvgIpc) is 3.40. The Labute approximate surface area is 244 Å². The van der Waals surface area contributed by atoms with Crippen LogP contribution in [0.2, 0.25) is 5.02 Å². The van der Waals surface area contributed by atoms with Crippen LogP contribution in [-0.4, -0.2) is 66.2 Å². The molecule has 1 aliphatic heterocycles. The molecule has 0 radical (unpaired) electrons. The first-order valence-electron chi connectivity index (χ1n) is 13.3. The second-order valence-electron chi connectivity index (χ2n) is 10.0. The summed E-state index contributed by atoms with van der Waals surface area (Å²) in [5, 5.41) is 9.39. The van der Waals surface area contributed by atoms with E-state index in [1.165, 1.54) is 0 Å². The fourth-order valence-electron chi connectivity index (χ4n) is 4.87. The highest BCUT2D eigenvalue weighted by atomic mass is 35.5. The average molecular weight is 573 g/mol. The van der Waals surface area contributed by atoms with Crippen LogP contribution in [0, 0.1) is 6.92 Å². The zero-order chi connectivity index (χ0) is 28.9. The molecule has 0 unspecified atom stereocenters. The van der Waals surface area contributed by atoms with Gasteiger partial charge in [0.05, 0.1) is 22.6 Å². The lowest BCUT2D eigenvalue weighted by atomic mass is 10.1. The second kappa shape index (κ2) is 12.4. The summed E-state index contributed by atoms with van der Waals surface area (Å²) in [6.07, 6.45) is 4.41. The Balaban J connectivity index is 1.29. The van der Waals surface area contributed by atoms with Crippen molar-refractivity contribution in [3.63, 3.8) is 0 Å². The molecule has 2 aromatic heterocycles. The number of ether oxygens (including phenoxy) is 1. The van der Waals surface area contributed by atoms with Gasteiger partial charge >= 0.3 is 6.03 Å². The molecule has 1 aliphatic rings. The van der Waals surface area contributed by atoms with Crippen molar-refractivity contribution in [1.29, 1.82) is 0 Å². The molecule has 2 aromatic carbocycles. The van der Waals surface area contributed by atoms with E-state index in [-0.39, 0.29) is 6.03 Å². The van der Waals surface area contributed by atoms with Crippen LogP contribution in [0.5, 0.6) is 11.6 Å². The van der Waals surface area contributed by atoms with Gasteiger partial charge in [-0.15, -0.1) is 0 Å². The summed E-state index contributed by atoms with van der Waals surface area (Å²) in [4.78, 5) is 30.6. The van der Waals surface area contributed by atoms with Gasteiger partial charge in [0.25, 0.3) is 0 Å². The number of pyridine rings is 1. The number of rotatable bonds is 8. The van der Waals surface area contributed by atoms with Crippen LogP contribution < -0.4 is 25.6 Å². The molecule has 0 bridgehead atoms. The molecule has 0 saturated carbocycles. The van der Waals surface area contributed by atoms with Gasteiger partial charge in [-0.1, -0.05) is 11.6 Å². The summed E-state index contributed by atoms with van der Waals surface area (Å²) in [6.45, 7) is 3.92. The van der Waals surface area contributed by atoms with Gasteiger partial charge in [0.1, 0.15) is 5.75 Å². The van der Waals surface area contributed by atoms with Gasteiger partial charge in [-0.25, -0.2) is 19.7 Å². The predicted octanol–water partition coefficient (Wildman–Crippen LogP) is 6.12. The number of aryl methyl sites for hydroxylation is 1. The number of halogens is 1. The zero-order valence-electron chi connectivity index (χ0n) is 23.5. The number of hydrogen-bond donors (Lipinski definition) is 3. The Morgan fingerprint density at radius 3 is 2.71 bits per heavy atom. The van der Waals surface area contributed by atoms with Crippen molar-refractivity contribution in [2.45, 2.75) is 19.4 Å². The molecule has 0 aliphatic carbocycles. The van der Waals surface area contributed by atoms with Gasteiger partial charge in [-0.2, -0.15) is 0 Å². The molecular weight excluding hydrogens is 540 g/mol. The number of aromatic nitrogens is 3. The quantitative estimate of drug-likeness (QED) is 0.232. The van der Waals surface area contributed by atoms with Crippen molar-refractivity contribution in [3.05, 3.63) is 77.6 Å². The van der Waals surface area contributed by atoms with E-state index < -0.39 is 0 Å². The number of benzene rings is 2. The number of likely N-dealkylation sites (N-methyl/N-ethyl adjacent to an activating group) is 2. The summed E-state index contributed by atoms with van der Waals surface area (Å²) in [6, 6.07) is 16.5. The summed E-state index contributed by atoms with van der Waals surface area (Å²) in [5.74, 6) is 1.53. The smallest absolute Gasteiger partial charge is 0.323 e. The normalized spacial score (nSPS) is 14.9. The topological polar surface area (TPSA) is 108 Å². The Hall–Kier alpha value is -4.41. The van der Waals surface area contributed by atoms with Gasteiger partial charge in [-0.3, -0.25) is 0 Å². The molecule has 0 spiro atoms. The van der Waals surface area contributed by atoms with Gasteiger partial charge < -0.3 is 30.5 Å². The highest BCUT2D eigenvalue weighted by Crippen LogP contribution is 2.34. The van der Waals surface area contributed by atoms with Crippen molar-refractivity contribution in [2.24, 2.45) is 0 Å². The minimum atomic E-state index is -0.366. The highest BCUT2D eigenvalue weighted by Gasteiger charge is 2.25. The number of carbonyl (C=O) groups is 1. The summed E-state index contributed by atoms with van der Waals surface area (Å²) in [7, 11) is 5.93. The maximum absolute atomic E-state index is 13.0. The second-order valence-corrected chi connectivity index (χ2v) is 10.4. The minimum absolute atomic E-state index is 0.360. The van der Waals surface area contributed by atoms with E-state index in [2.05, 4.69) is 54.8 Å². The summed E-state index contributed by atoms with van der Waals surface area (Å²) >= 11 is 6.29. The third-order valence-corrected chi connectivity index (χ3v) is 7.30. The molecule has 4 aromatic rings. The number of amides is 2. The van der Waals surface area contributed by atoms with Crippen molar-refractivity contribution in [1.82, 2.24) is 19.9 Å². The van der Waals surface area contributed by atoms with Crippen LogP contribution in [0.1, 0.15) is 12.0 Å².